The minimum atomic E-state index is -1.42. The van der Waals surface area contributed by atoms with E-state index in [2.05, 4.69) is 4.90 Å². The second kappa shape index (κ2) is 6.84. The van der Waals surface area contributed by atoms with E-state index in [9.17, 15) is 9.59 Å². The maximum absolute atomic E-state index is 14.8. The van der Waals surface area contributed by atoms with Crippen LogP contribution in [-0.4, -0.2) is 34.7 Å². The lowest BCUT2D eigenvalue weighted by Gasteiger charge is -2.44. The molecule has 2 fully saturated rings. The number of ether oxygens (including phenoxy) is 1. The zero-order valence-electron chi connectivity index (χ0n) is 19.4. The van der Waals surface area contributed by atoms with Crippen LogP contribution in [0.2, 0.25) is 5.02 Å². The smallest absolute Gasteiger partial charge is 0.213 e. The van der Waals surface area contributed by atoms with Gasteiger partial charge in [-0.15, -0.1) is 0 Å². The van der Waals surface area contributed by atoms with Crippen LogP contribution in [-0.2, 0) is 5.54 Å². The van der Waals surface area contributed by atoms with Gasteiger partial charge >= 0.3 is 0 Å². The van der Waals surface area contributed by atoms with Crippen LogP contribution in [0.5, 0.6) is 5.75 Å². The molecule has 1 aliphatic carbocycles. The summed E-state index contributed by atoms with van der Waals surface area (Å²) in [5, 5.41) is 2.60. The molecule has 0 aromatic heterocycles. The SMILES string of the molecule is O=C1c2ccccc2OC12C(c1ccc(Cl)cc1)C1CCCN1C21C(=O)c2cccc3cccc1c23. The number of Topliss-reactive ketones (excluding diaryl/α,β-unsaturated/α-hetero) is 2. The van der Waals surface area contributed by atoms with Crippen molar-refractivity contribution in [2.75, 3.05) is 6.54 Å². The van der Waals surface area contributed by atoms with Gasteiger partial charge in [-0.2, -0.15) is 0 Å². The van der Waals surface area contributed by atoms with Crippen LogP contribution in [0.4, 0.5) is 0 Å². The van der Waals surface area contributed by atoms with Crippen molar-refractivity contribution in [3.63, 3.8) is 0 Å². The Morgan fingerprint density at radius 1 is 0.833 bits per heavy atom. The zero-order valence-corrected chi connectivity index (χ0v) is 20.2. The molecule has 0 bridgehead atoms. The lowest BCUT2D eigenvalue weighted by molar-refractivity contribution is -0.0102. The molecule has 4 nitrogen and oxygen atoms in total. The Balaban J connectivity index is 1.51. The van der Waals surface area contributed by atoms with Crippen LogP contribution in [0, 0.1) is 0 Å². The topological polar surface area (TPSA) is 46.6 Å². The summed E-state index contributed by atoms with van der Waals surface area (Å²) in [5.74, 6) is 0.0908. The maximum atomic E-state index is 14.8. The molecule has 3 aliphatic heterocycles. The molecule has 3 heterocycles. The number of nitrogens with zero attached hydrogens (tertiary/aromatic N) is 1. The van der Waals surface area contributed by atoms with Crippen LogP contribution in [0.25, 0.3) is 10.8 Å². The number of ketones is 2. The van der Waals surface area contributed by atoms with E-state index in [1.54, 1.807) is 0 Å². The molecule has 2 saturated heterocycles. The molecule has 5 heteroatoms. The van der Waals surface area contributed by atoms with Gasteiger partial charge in [-0.3, -0.25) is 14.5 Å². The number of hydrogen-bond donors (Lipinski definition) is 0. The number of halogens is 1. The highest BCUT2D eigenvalue weighted by molar-refractivity contribution is 6.30. The van der Waals surface area contributed by atoms with E-state index in [1.165, 1.54) is 0 Å². The summed E-state index contributed by atoms with van der Waals surface area (Å²) >= 11 is 6.28. The van der Waals surface area contributed by atoms with Gasteiger partial charge in [-0.25, -0.2) is 0 Å². The molecule has 2 spiro atoms. The standard InChI is InChI=1S/C31H22ClNO3/c32-20-15-13-19(14-16-20)27-24-11-5-17-33(24)30(31(27)29(35)21-8-1-2-12-25(21)36-31)23-10-4-7-18-6-3-9-22(26(18)23)28(30)34/h1-4,6-10,12-16,24,27H,5,11,17H2. The van der Waals surface area contributed by atoms with Gasteiger partial charge in [0, 0.05) is 22.5 Å². The highest BCUT2D eigenvalue weighted by Crippen LogP contribution is 2.67. The Bertz CT molecular complexity index is 1620. The fraction of sp³-hybridized carbons (Fsp3) is 0.226. The van der Waals surface area contributed by atoms with Crippen LogP contribution in [0.3, 0.4) is 0 Å². The molecule has 4 aromatic carbocycles. The molecular weight excluding hydrogens is 470 g/mol. The van der Waals surface area contributed by atoms with Gasteiger partial charge in [0.25, 0.3) is 0 Å². The predicted molar refractivity (Wildman–Crippen MR) is 138 cm³/mol. The first-order chi connectivity index (χ1) is 17.6. The van der Waals surface area contributed by atoms with Crippen LogP contribution in [0.1, 0.15) is 50.6 Å². The quantitative estimate of drug-likeness (QED) is 0.320. The number of carbonyl (C=O) groups is 2. The van der Waals surface area contributed by atoms with Gasteiger partial charge in [-0.05, 0) is 65.6 Å². The van der Waals surface area contributed by atoms with E-state index in [0.29, 0.717) is 21.9 Å². The summed E-state index contributed by atoms with van der Waals surface area (Å²) in [6.07, 6.45) is 1.86. The molecule has 36 heavy (non-hydrogen) atoms. The van der Waals surface area contributed by atoms with Crippen molar-refractivity contribution in [3.05, 3.63) is 112 Å². The first kappa shape index (κ1) is 20.7. The number of fused-ring (bicyclic) bond motifs is 5. The minimum absolute atomic E-state index is 0.0158. The maximum Gasteiger partial charge on any atom is 0.213 e. The fourth-order valence-corrected chi connectivity index (χ4v) is 7.93. The van der Waals surface area contributed by atoms with Crippen LogP contribution in [0.15, 0.2) is 84.9 Å². The van der Waals surface area contributed by atoms with Crippen LogP contribution < -0.4 is 4.74 Å². The normalized spacial score (nSPS) is 29.9. The van der Waals surface area contributed by atoms with Crippen molar-refractivity contribution in [2.45, 2.75) is 35.9 Å². The van der Waals surface area contributed by atoms with Gasteiger partial charge in [0.2, 0.25) is 11.4 Å². The first-order valence-corrected chi connectivity index (χ1v) is 12.9. The summed E-state index contributed by atoms with van der Waals surface area (Å²) in [6.45, 7) is 0.736. The first-order valence-electron chi connectivity index (χ1n) is 12.5. The van der Waals surface area contributed by atoms with Crippen molar-refractivity contribution < 1.29 is 14.3 Å². The molecule has 0 amide bonds. The molecule has 0 saturated carbocycles. The second-order valence-corrected chi connectivity index (χ2v) is 10.8. The molecular formula is C31H22ClNO3. The lowest BCUT2D eigenvalue weighted by Crippen LogP contribution is -2.64. The Morgan fingerprint density at radius 3 is 2.39 bits per heavy atom. The Kier molecular flexibility index (Phi) is 3.93. The third-order valence-electron chi connectivity index (χ3n) is 8.93. The molecule has 0 radical (unpaired) electrons. The van der Waals surface area contributed by atoms with E-state index in [0.717, 1.165) is 41.3 Å². The molecule has 4 unspecified atom stereocenters. The highest BCUT2D eigenvalue weighted by Gasteiger charge is 2.81. The average molecular weight is 492 g/mol. The number of para-hydroxylation sites is 1. The zero-order chi connectivity index (χ0) is 24.2. The van der Waals surface area contributed by atoms with E-state index >= 15 is 0 Å². The summed E-state index contributed by atoms with van der Waals surface area (Å²) in [7, 11) is 0. The van der Waals surface area contributed by atoms with Crippen molar-refractivity contribution in [1.82, 2.24) is 4.90 Å². The summed E-state index contributed by atoms with van der Waals surface area (Å²) in [5.41, 5.74) is 0.443. The third-order valence-corrected chi connectivity index (χ3v) is 9.18. The van der Waals surface area contributed by atoms with Crippen LogP contribution >= 0.6 is 11.6 Å². The molecule has 4 atom stereocenters. The summed E-state index contributed by atoms with van der Waals surface area (Å²) in [4.78, 5) is 31.9. The highest BCUT2D eigenvalue weighted by atomic mass is 35.5. The summed E-state index contributed by atoms with van der Waals surface area (Å²) < 4.78 is 6.93. The number of hydrogen-bond acceptors (Lipinski definition) is 4. The molecule has 4 aliphatic rings. The largest absolute Gasteiger partial charge is 0.475 e. The minimum Gasteiger partial charge on any atom is -0.475 e. The Labute approximate surface area is 213 Å². The van der Waals surface area contributed by atoms with Gasteiger partial charge in [0.1, 0.15) is 5.75 Å². The molecule has 176 valence electrons. The van der Waals surface area contributed by atoms with Crippen molar-refractivity contribution in [3.8, 4) is 5.75 Å². The van der Waals surface area contributed by atoms with Crippen molar-refractivity contribution in [2.24, 2.45) is 0 Å². The number of rotatable bonds is 1. The Morgan fingerprint density at radius 2 is 1.58 bits per heavy atom. The second-order valence-electron chi connectivity index (χ2n) is 10.3. The average Bonchev–Trinajstić information content (AvgIpc) is 3.61. The monoisotopic (exact) mass is 491 g/mol. The van der Waals surface area contributed by atoms with Gasteiger partial charge in [0.15, 0.2) is 11.3 Å². The lowest BCUT2D eigenvalue weighted by atomic mass is 9.65. The van der Waals surface area contributed by atoms with E-state index in [4.69, 9.17) is 16.3 Å². The molecule has 4 aromatic rings. The summed E-state index contributed by atoms with van der Waals surface area (Å²) in [6, 6.07) is 27.1. The fourth-order valence-electron chi connectivity index (χ4n) is 7.80. The predicted octanol–water partition coefficient (Wildman–Crippen LogP) is 6.16. The van der Waals surface area contributed by atoms with Crippen molar-refractivity contribution >= 4 is 33.9 Å². The van der Waals surface area contributed by atoms with Crippen molar-refractivity contribution in [1.29, 1.82) is 0 Å². The van der Waals surface area contributed by atoms with Gasteiger partial charge in [0.05, 0.1) is 5.56 Å². The van der Waals surface area contributed by atoms with E-state index in [1.807, 2.05) is 84.9 Å². The molecule has 0 N–H and O–H groups in total. The van der Waals surface area contributed by atoms with E-state index < -0.39 is 11.1 Å². The van der Waals surface area contributed by atoms with Gasteiger partial charge < -0.3 is 4.74 Å². The number of carbonyl (C=O) groups excluding carboxylic acids is 2. The third kappa shape index (κ3) is 2.14. The Hall–Kier alpha value is -3.47. The molecule has 8 rings (SSSR count). The van der Waals surface area contributed by atoms with E-state index in [-0.39, 0.29) is 23.5 Å². The van der Waals surface area contributed by atoms with Gasteiger partial charge in [-0.1, -0.05) is 72.3 Å². The number of benzene rings is 4.